The largest absolute Gasteiger partial charge is 0.352 e. The van der Waals surface area contributed by atoms with Crippen molar-refractivity contribution in [1.29, 1.82) is 0 Å². The van der Waals surface area contributed by atoms with E-state index in [1.807, 2.05) is 68.4 Å². The Hall–Kier alpha value is -3.99. The standard InChI is InChI=1S/C33H35FN2O2/c1-3-24(2)35-33(38)31(22-25-12-5-4-6-13-25)36(23-28-15-8-10-19-30(28)34)32(37)21-20-27-17-11-16-26-14-7-9-18-29(26)27/h4-19,24,31H,3,20-23H2,1-2H3,(H,35,38)/t24-,31-/m1/s1. The Morgan fingerprint density at radius 3 is 2.26 bits per heavy atom. The number of rotatable bonds is 11. The van der Waals surface area contributed by atoms with Crippen molar-refractivity contribution in [2.75, 3.05) is 0 Å². The normalized spacial score (nSPS) is 12.6. The Bertz CT molecular complexity index is 1370. The summed E-state index contributed by atoms with van der Waals surface area (Å²) in [6, 6.07) is 29.5. The van der Waals surface area contributed by atoms with Gasteiger partial charge in [-0.25, -0.2) is 4.39 Å². The number of fused-ring (bicyclic) bond motifs is 1. The van der Waals surface area contributed by atoms with Crippen LogP contribution in [0.5, 0.6) is 0 Å². The molecule has 4 nitrogen and oxygen atoms in total. The van der Waals surface area contributed by atoms with Gasteiger partial charge in [0.25, 0.3) is 0 Å². The second-order valence-electron chi connectivity index (χ2n) is 9.77. The van der Waals surface area contributed by atoms with E-state index in [0.717, 1.165) is 28.3 Å². The van der Waals surface area contributed by atoms with Crippen LogP contribution in [0.4, 0.5) is 4.39 Å². The molecular formula is C33H35FN2O2. The fraction of sp³-hybridized carbons (Fsp3) is 0.273. The van der Waals surface area contributed by atoms with E-state index in [2.05, 4.69) is 23.5 Å². The van der Waals surface area contributed by atoms with Crippen molar-refractivity contribution in [2.45, 2.75) is 58.2 Å². The van der Waals surface area contributed by atoms with Crippen LogP contribution in [0.2, 0.25) is 0 Å². The van der Waals surface area contributed by atoms with Gasteiger partial charge in [0.2, 0.25) is 11.8 Å². The first-order valence-electron chi connectivity index (χ1n) is 13.3. The van der Waals surface area contributed by atoms with E-state index in [0.29, 0.717) is 18.4 Å². The summed E-state index contributed by atoms with van der Waals surface area (Å²) in [6.45, 7) is 3.97. The molecule has 0 radical (unpaired) electrons. The van der Waals surface area contributed by atoms with Gasteiger partial charge in [-0.05, 0) is 47.7 Å². The molecule has 0 saturated carbocycles. The first-order chi connectivity index (χ1) is 18.5. The number of nitrogens with one attached hydrogen (secondary N) is 1. The van der Waals surface area contributed by atoms with Crippen molar-refractivity contribution in [2.24, 2.45) is 0 Å². The van der Waals surface area contributed by atoms with Crippen LogP contribution >= 0.6 is 0 Å². The zero-order chi connectivity index (χ0) is 26.9. The second kappa shape index (κ2) is 13.0. The fourth-order valence-electron chi connectivity index (χ4n) is 4.70. The summed E-state index contributed by atoms with van der Waals surface area (Å²) in [5, 5.41) is 5.29. The average molecular weight is 511 g/mol. The minimum atomic E-state index is -0.772. The van der Waals surface area contributed by atoms with E-state index in [1.54, 1.807) is 23.1 Å². The number of hydrogen-bond acceptors (Lipinski definition) is 2. The monoisotopic (exact) mass is 510 g/mol. The number of carbonyl (C=O) groups excluding carboxylic acids is 2. The van der Waals surface area contributed by atoms with Crippen LogP contribution < -0.4 is 5.32 Å². The SMILES string of the molecule is CC[C@@H](C)NC(=O)[C@@H](Cc1ccccc1)N(Cc1ccccc1F)C(=O)CCc1cccc2ccccc12. The van der Waals surface area contributed by atoms with Gasteiger partial charge in [-0.15, -0.1) is 0 Å². The molecule has 4 rings (SSSR count). The number of amides is 2. The van der Waals surface area contributed by atoms with Crippen LogP contribution in [0.1, 0.15) is 43.4 Å². The predicted octanol–water partition coefficient (Wildman–Crippen LogP) is 6.47. The summed E-state index contributed by atoms with van der Waals surface area (Å²) in [6.07, 6.45) is 1.85. The molecule has 5 heteroatoms. The van der Waals surface area contributed by atoms with Crippen molar-refractivity contribution in [3.63, 3.8) is 0 Å². The number of nitrogens with zero attached hydrogens (tertiary/aromatic N) is 1. The molecule has 4 aromatic carbocycles. The maximum atomic E-state index is 14.8. The van der Waals surface area contributed by atoms with Gasteiger partial charge in [0.15, 0.2) is 0 Å². The molecule has 0 aliphatic rings. The Morgan fingerprint density at radius 2 is 1.50 bits per heavy atom. The van der Waals surface area contributed by atoms with Gasteiger partial charge >= 0.3 is 0 Å². The Kier molecular flexibility index (Phi) is 9.26. The summed E-state index contributed by atoms with van der Waals surface area (Å²) in [7, 11) is 0. The van der Waals surface area contributed by atoms with Gasteiger partial charge in [0.05, 0.1) is 0 Å². The summed E-state index contributed by atoms with van der Waals surface area (Å²) in [5.74, 6) is -0.792. The van der Waals surface area contributed by atoms with Gasteiger partial charge in [-0.2, -0.15) is 0 Å². The van der Waals surface area contributed by atoms with Gasteiger partial charge < -0.3 is 10.2 Å². The lowest BCUT2D eigenvalue weighted by atomic mass is 9.99. The molecule has 0 unspecified atom stereocenters. The molecule has 0 fully saturated rings. The summed E-state index contributed by atoms with van der Waals surface area (Å²) >= 11 is 0. The molecule has 4 aromatic rings. The van der Waals surface area contributed by atoms with Gasteiger partial charge in [0, 0.05) is 31.0 Å². The number of hydrogen-bond donors (Lipinski definition) is 1. The van der Waals surface area contributed by atoms with Crippen molar-refractivity contribution < 1.29 is 14.0 Å². The molecule has 1 N–H and O–H groups in total. The highest BCUT2D eigenvalue weighted by atomic mass is 19.1. The lowest BCUT2D eigenvalue weighted by molar-refractivity contribution is -0.141. The smallest absolute Gasteiger partial charge is 0.243 e. The first-order valence-corrected chi connectivity index (χ1v) is 13.3. The van der Waals surface area contributed by atoms with Gasteiger partial charge in [-0.3, -0.25) is 9.59 Å². The molecule has 0 saturated heterocycles. The molecule has 0 heterocycles. The molecule has 2 atom stereocenters. The number of halogens is 1. The Morgan fingerprint density at radius 1 is 0.842 bits per heavy atom. The molecule has 0 aliphatic carbocycles. The second-order valence-corrected chi connectivity index (χ2v) is 9.77. The maximum absolute atomic E-state index is 14.8. The molecule has 0 bridgehead atoms. The lowest BCUT2D eigenvalue weighted by Crippen LogP contribution is -2.52. The number of aryl methyl sites for hydroxylation is 1. The van der Waals surface area contributed by atoms with E-state index < -0.39 is 6.04 Å². The number of carbonyl (C=O) groups is 2. The number of benzene rings is 4. The van der Waals surface area contributed by atoms with E-state index in [-0.39, 0.29) is 36.6 Å². The Labute approximate surface area is 224 Å². The van der Waals surface area contributed by atoms with Crippen LogP contribution in [-0.4, -0.2) is 28.8 Å². The summed E-state index contributed by atoms with van der Waals surface area (Å²) in [4.78, 5) is 29.0. The molecular weight excluding hydrogens is 475 g/mol. The first kappa shape index (κ1) is 27.1. The van der Waals surface area contributed by atoms with E-state index in [1.165, 1.54) is 6.07 Å². The zero-order valence-electron chi connectivity index (χ0n) is 22.1. The molecule has 0 aliphatic heterocycles. The van der Waals surface area contributed by atoms with Crippen LogP contribution in [-0.2, 0) is 29.0 Å². The summed E-state index contributed by atoms with van der Waals surface area (Å²) < 4.78 is 14.8. The third kappa shape index (κ3) is 6.86. The van der Waals surface area contributed by atoms with E-state index in [9.17, 15) is 14.0 Å². The third-order valence-electron chi connectivity index (χ3n) is 7.06. The predicted molar refractivity (Wildman–Crippen MR) is 151 cm³/mol. The van der Waals surface area contributed by atoms with Crippen molar-refractivity contribution >= 4 is 22.6 Å². The van der Waals surface area contributed by atoms with Crippen LogP contribution in [0.15, 0.2) is 97.1 Å². The fourth-order valence-corrected chi connectivity index (χ4v) is 4.70. The lowest BCUT2D eigenvalue weighted by Gasteiger charge is -2.32. The van der Waals surface area contributed by atoms with E-state index >= 15 is 0 Å². The molecule has 38 heavy (non-hydrogen) atoms. The quantitative estimate of drug-likeness (QED) is 0.252. The zero-order valence-corrected chi connectivity index (χ0v) is 22.1. The van der Waals surface area contributed by atoms with Gasteiger partial charge in [-0.1, -0.05) is 97.9 Å². The van der Waals surface area contributed by atoms with Gasteiger partial charge in [0.1, 0.15) is 11.9 Å². The van der Waals surface area contributed by atoms with Crippen molar-refractivity contribution in [1.82, 2.24) is 10.2 Å². The van der Waals surface area contributed by atoms with Crippen molar-refractivity contribution in [3.05, 3.63) is 120 Å². The minimum Gasteiger partial charge on any atom is -0.352 e. The van der Waals surface area contributed by atoms with E-state index in [4.69, 9.17) is 0 Å². The average Bonchev–Trinajstić information content (AvgIpc) is 2.94. The Balaban J connectivity index is 1.66. The van der Waals surface area contributed by atoms with Crippen LogP contribution in [0.3, 0.4) is 0 Å². The highest BCUT2D eigenvalue weighted by Gasteiger charge is 2.31. The topological polar surface area (TPSA) is 49.4 Å². The highest BCUT2D eigenvalue weighted by Crippen LogP contribution is 2.22. The molecule has 196 valence electrons. The van der Waals surface area contributed by atoms with Crippen molar-refractivity contribution in [3.8, 4) is 0 Å². The molecule has 2 amide bonds. The van der Waals surface area contributed by atoms with Crippen LogP contribution in [0, 0.1) is 5.82 Å². The van der Waals surface area contributed by atoms with Crippen LogP contribution in [0.25, 0.3) is 10.8 Å². The summed E-state index contributed by atoms with van der Waals surface area (Å²) in [5.41, 5.74) is 2.41. The minimum absolute atomic E-state index is 0.0203. The molecule has 0 spiro atoms. The molecule has 0 aromatic heterocycles. The highest BCUT2D eigenvalue weighted by molar-refractivity contribution is 5.89. The third-order valence-corrected chi connectivity index (χ3v) is 7.06. The maximum Gasteiger partial charge on any atom is 0.243 e.